The minimum absolute atomic E-state index is 0.127. The van der Waals surface area contributed by atoms with Gasteiger partial charge in [0.2, 0.25) is 5.91 Å². The summed E-state index contributed by atoms with van der Waals surface area (Å²) in [6.45, 7) is 1.80. The Morgan fingerprint density at radius 2 is 2.16 bits per heavy atom. The number of hydrogen-bond donors (Lipinski definition) is 2. The maximum Gasteiger partial charge on any atom is 0.280 e. The van der Waals surface area contributed by atoms with Gasteiger partial charge in [0.05, 0.1) is 11.7 Å². The van der Waals surface area contributed by atoms with Crippen molar-refractivity contribution in [1.82, 2.24) is 20.1 Å². The monoisotopic (exact) mass is 365 g/mol. The molecule has 1 aromatic heterocycles. The molecule has 1 fully saturated rings. The first-order valence-corrected chi connectivity index (χ1v) is 9.61. The molecular weight excluding hydrogens is 338 g/mol. The lowest BCUT2D eigenvalue weighted by atomic mass is 9.77. The number of nitrogens with two attached hydrogens (primary N) is 1. The number of nitrogens with zero attached hydrogens (tertiary/aromatic N) is 3. The molecule has 2 atom stereocenters. The molecule has 1 saturated carbocycles. The molecule has 0 saturated heterocycles. The van der Waals surface area contributed by atoms with Gasteiger partial charge in [-0.1, -0.05) is 12.8 Å². The lowest BCUT2D eigenvalue weighted by Crippen LogP contribution is -2.67. The summed E-state index contributed by atoms with van der Waals surface area (Å²) >= 11 is 1.45. The number of thiazole rings is 1. The highest BCUT2D eigenvalue weighted by molar-refractivity contribution is 7.13. The molecule has 0 bridgehead atoms. The molecular formula is C17H27N5O2S. The van der Waals surface area contributed by atoms with Crippen LogP contribution in [0.15, 0.2) is 0 Å². The van der Waals surface area contributed by atoms with E-state index in [0.717, 1.165) is 49.3 Å². The zero-order valence-electron chi connectivity index (χ0n) is 15.2. The highest BCUT2D eigenvalue weighted by atomic mass is 32.1. The van der Waals surface area contributed by atoms with Gasteiger partial charge in [0.1, 0.15) is 5.54 Å². The fourth-order valence-corrected chi connectivity index (χ4v) is 4.80. The Morgan fingerprint density at radius 1 is 1.40 bits per heavy atom. The summed E-state index contributed by atoms with van der Waals surface area (Å²) in [5, 5.41) is 3.48. The van der Waals surface area contributed by atoms with Crippen molar-refractivity contribution in [1.29, 1.82) is 0 Å². The van der Waals surface area contributed by atoms with Gasteiger partial charge in [-0.25, -0.2) is 4.98 Å². The average Bonchev–Trinajstić information content (AvgIpc) is 2.99. The second-order valence-electron chi connectivity index (χ2n) is 7.39. The second kappa shape index (κ2) is 7.01. The van der Waals surface area contributed by atoms with Crippen molar-refractivity contribution in [2.45, 2.75) is 50.2 Å². The molecule has 2 heterocycles. The van der Waals surface area contributed by atoms with Crippen LogP contribution in [0, 0.1) is 0 Å². The summed E-state index contributed by atoms with van der Waals surface area (Å²) in [6, 6.07) is -0.354. The highest BCUT2D eigenvalue weighted by Crippen LogP contribution is 2.29. The molecule has 2 unspecified atom stereocenters. The van der Waals surface area contributed by atoms with Gasteiger partial charge in [0.25, 0.3) is 5.91 Å². The Balaban J connectivity index is 1.76. The number of fused-ring (bicyclic) bond motifs is 1. The van der Waals surface area contributed by atoms with Crippen LogP contribution >= 0.6 is 11.3 Å². The molecule has 3 N–H and O–H groups in total. The van der Waals surface area contributed by atoms with Gasteiger partial charge in [0.15, 0.2) is 5.01 Å². The molecule has 1 aliphatic carbocycles. The minimum Gasteiger partial charge on any atom is -0.347 e. The van der Waals surface area contributed by atoms with Crippen molar-refractivity contribution in [3.05, 3.63) is 15.6 Å². The molecule has 1 aliphatic heterocycles. The molecule has 0 radical (unpaired) electrons. The number of rotatable bonds is 3. The first-order chi connectivity index (χ1) is 11.8. The molecule has 138 valence electrons. The van der Waals surface area contributed by atoms with E-state index in [-0.39, 0.29) is 17.9 Å². The van der Waals surface area contributed by atoms with E-state index in [1.165, 1.54) is 16.2 Å². The van der Waals surface area contributed by atoms with E-state index in [1.807, 2.05) is 0 Å². The molecule has 0 spiro atoms. The van der Waals surface area contributed by atoms with Crippen LogP contribution in [0.1, 0.15) is 46.1 Å². The maximum absolute atomic E-state index is 12.7. The first kappa shape index (κ1) is 18.3. The minimum atomic E-state index is -1.03. The number of carbonyl (C=O) groups is 2. The molecule has 1 aromatic rings. The fourth-order valence-electron chi connectivity index (χ4n) is 3.71. The number of amides is 2. The van der Waals surface area contributed by atoms with Crippen LogP contribution in [0.5, 0.6) is 0 Å². The van der Waals surface area contributed by atoms with Gasteiger partial charge in [0, 0.05) is 38.5 Å². The lowest BCUT2D eigenvalue weighted by Gasteiger charge is -2.41. The summed E-state index contributed by atoms with van der Waals surface area (Å²) in [7, 11) is 5.48. The Morgan fingerprint density at radius 3 is 2.88 bits per heavy atom. The Bertz CT molecular complexity index is 674. The third kappa shape index (κ3) is 3.56. The van der Waals surface area contributed by atoms with Crippen LogP contribution in [0.3, 0.4) is 0 Å². The quantitative estimate of drug-likeness (QED) is 0.818. The van der Waals surface area contributed by atoms with Crippen LogP contribution in [0.2, 0.25) is 0 Å². The normalized spacial score (nSPS) is 26.8. The van der Waals surface area contributed by atoms with E-state index in [2.05, 4.69) is 22.2 Å². The van der Waals surface area contributed by atoms with Crippen LogP contribution < -0.4 is 11.1 Å². The molecule has 0 aromatic carbocycles. The topological polar surface area (TPSA) is 91.6 Å². The zero-order valence-corrected chi connectivity index (χ0v) is 16.0. The highest BCUT2D eigenvalue weighted by Gasteiger charge is 2.45. The second-order valence-corrected chi connectivity index (χ2v) is 8.47. The summed E-state index contributed by atoms with van der Waals surface area (Å²) < 4.78 is 0. The first-order valence-electron chi connectivity index (χ1n) is 8.80. The fraction of sp³-hybridized carbons (Fsp3) is 0.706. The summed E-state index contributed by atoms with van der Waals surface area (Å²) in [5.41, 5.74) is 6.45. The SMILES string of the molecule is CN1CCc2nc(C(=O)NC3CCCCC3(N)C(=O)N(C)C)sc2C1. The molecule has 2 aliphatic rings. The van der Waals surface area contributed by atoms with Crippen molar-refractivity contribution < 1.29 is 9.59 Å². The third-order valence-electron chi connectivity index (χ3n) is 5.18. The molecule has 2 amide bonds. The molecule has 3 rings (SSSR count). The van der Waals surface area contributed by atoms with Crippen molar-refractivity contribution >= 4 is 23.2 Å². The van der Waals surface area contributed by atoms with Crippen molar-refractivity contribution in [3.63, 3.8) is 0 Å². The predicted octanol–water partition coefficient (Wildman–Crippen LogP) is 0.589. The molecule has 8 heteroatoms. The predicted molar refractivity (Wildman–Crippen MR) is 97.5 cm³/mol. The van der Waals surface area contributed by atoms with Crippen LogP contribution in [0.4, 0.5) is 0 Å². The van der Waals surface area contributed by atoms with Crippen molar-refractivity contribution in [2.75, 3.05) is 27.7 Å². The van der Waals surface area contributed by atoms with Gasteiger partial charge in [-0.05, 0) is 19.9 Å². The number of carbonyl (C=O) groups excluding carboxylic acids is 2. The smallest absolute Gasteiger partial charge is 0.280 e. The van der Waals surface area contributed by atoms with E-state index in [1.54, 1.807) is 14.1 Å². The standard InChI is InChI=1S/C17H27N5O2S/c1-21(2)16(24)17(18)8-5-4-6-13(17)20-14(23)15-19-11-7-9-22(3)10-12(11)25-15/h13H,4-10,18H2,1-3H3,(H,20,23). The third-order valence-corrected chi connectivity index (χ3v) is 6.26. The van der Waals surface area contributed by atoms with Gasteiger partial charge in [-0.2, -0.15) is 0 Å². The van der Waals surface area contributed by atoms with Gasteiger partial charge in [-0.3, -0.25) is 9.59 Å². The molecule has 25 heavy (non-hydrogen) atoms. The summed E-state index contributed by atoms with van der Waals surface area (Å²) in [6.07, 6.45) is 4.05. The Kier molecular flexibility index (Phi) is 5.13. The van der Waals surface area contributed by atoms with E-state index in [0.29, 0.717) is 11.4 Å². The van der Waals surface area contributed by atoms with E-state index < -0.39 is 5.54 Å². The van der Waals surface area contributed by atoms with Gasteiger partial charge in [-0.15, -0.1) is 11.3 Å². The number of nitrogens with one attached hydrogen (secondary N) is 1. The van der Waals surface area contributed by atoms with Gasteiger partial charge >= 0.3 is 0 Å². The number of hydrogen-bond acceptors (Lipinski definition) is 6. The largest absolute Gasteiger partial charge is 0.347 e. The van der Waals surface area contributed by atoms with E-state index in [4.69, 9.17) is 5.73 Å². The van der Waals surface area contributed by atoms with Crippen LogP contribution in [-0.4, -0.2) is 65.9 Å². The zero-order chi connectivity index (χ0) is 18.2. The number of likely N-dealkylation sites (N-methyl/N-ethyl adjacent to an activating group) is 2. The van der Waals surface area contributed by atoms with Gasteiger partial charge < -0.3 is 20.9 Å². The summed E-state index contributed by atoms with van der Waals surface area (Å²) in [4.78, 5) is 34.7. The number of aromatic nitrogens is 1. The van der Waals surface area contributed by atoms with E-state index >= 15 is 0 Å². The Labute approximate surface area is 152 Å². The van der Waals surface area contributed by atoms with E-state index in [9.17, 15) is 9.59 Å². The average molecular weight is 366 g/mol. The Hall–Kier alpha value is -1.51. The lowest BCUT2D eigenvalue weighted by molar-refractivity contribution is -0.136. The molecule has 7 nitrogen and oxygen atoms in total. The maximum atomic E-state index is 12.7. The van der Waals surface area contributed by atoms with Crippen molar-refractivity contribution in [3.8, 4) is 0 Å². The van der Waals surface area contributed by atoms with Crippen molar-refractivity contribution in [2.24, 2.45) is 5.73 Å². The van der Waals surface area contributed by atoms with Crippen LogP contribution in [0.25, 0.3) is 0 Å². The van der Waals surface area contributed by atoms with Crippen LogP contribution in [-0.2, 0) is 17.8 Å². The summed E-state index contributed by atoms with van der Waals surface area (Å²) in [5.74, 6) is -0.340.